The number of rotatable bonds is 4. The topological polar surface area (TPSA) is 26.3 Å². The summed E-state index contributed by atoms with van der Waals surface area (Å²) in [5.74, 6) is -0.595. The molecule has 3 heteroatoms. The number of benzene rings is 1. The summed E-state index contributed by atoms with van der Waals surface area (Å²) in [6.07, 6.45) is 3.34. The molecule has 0 heterocycles. The van der Waals surface area contributed by atoms with Gasteiger partial charge in [-0.05, 0) is 13.0 Å². The molecule has 2 nitrogen and oxygen atoms in total. The molecule has 0 aromatic heterocycles. The van der Waals surface area contributed by atoms with E-state index in [4.69, 9.17) is 4.74 Å². The maximum Gasteiger partial charge on any atom is 0.309 e. The Labute approximate surface area is 88.4 Å². The normalized spacial score (nSPS) is 10.5. The monoisotopic (exact) mass is 208 g/mol. The van der Waals surface area contributed by atoms with E-state index in [9.17, 15) is 9.18 Å². The molecule has 0 N–H and O–H groups in total. The minimum atomic E-state index is -0.301. The summed E-state index contributed by atoms with van der Waals surface area (Å²) in [4.78, 5) is 11.0. The second-order valence-electron chi connectivity index (χ2n) is 2.93. The third-order valence-electron chi connectivity index (χ3n) is 1.79. The van der Waals surface area contributed by atoms with Crippen LogP contribution in [0.4, 0.5) is 4.39 Å². The summed E-state index contributed by atoms with van der Waals surface area (Å²) in [6.45, 7) is 2.12. The highest BCUT2D eigenvalue weighted by atomic mass is 19.1. The van der Waals surface area contributed by atoms with E-state index in [1.54, 1.807) is 37.3 Å². The summed E-state index contributed by atoms with van der Waals surface area (Å²) in [5.41, 5.74) is 0.474. The fourth-order valence-electron chi connectivity index (χ4n) is 1.11. The van der Waals surface area contributed by atoms with Crippen molar-refractivity contribution in [3.63, 3.8) is 0 Å². The Morgan fingerprint density at radius 3 is 2.87 bits per heavy atom. The van der Waals surface area contributed by atoms with Crippen LogP contribution in [0.1, 0.15) is 18.9 Å². The van der Waals surface area contributed by atoms with Crippen LogP contribution in [0.2, 0.25) is 0 Å². The van der Waals surface area contributed by atoms with Gasteiger partial charge in [0.2, 0.25) is 0 Å². The zero-order valence-corrected chi connectivity index (χ0v) is 8.57. The number of carbonyl (C=O) groups is 1. The van der Waals surface area contributed by atoms with E-state index in [1.165, 1.54) is 6.07 Å². The molecular formula is C12H13FO2. The summed E-state index contributed by atoms with van der Waals surface area (Å²) in [7, 11) is 0. The van der Waals surface area contributed by atoms with Gasteiger partial charge in [0, 0.05) is 5.56 Å². The van der Waals surface area contributed by atoms with Gasteiger partial charge in [-0.3, -0.25) is 4.79 Å². The lowest BCUT2D eigenvalue weighted by Gasteiger charge is -1.97. The van der Waals surface area contributed by atoms with Crippen molar-refractivity contribution >= 4 is 12.0 Å². The first-order valence-corrected chi connectivity index (χ1v) is 4.80. The Balaban J connectivity index is 2.52. The molecule has 0 aliphatic heterocycles. The number of esters is 1. The summed E-state index contributed by atoms with van der Waals surface area (Å²) in [5, 5.41) is 0. The number of hydrogen-bond donors (Lipinski definition) is 0. The van der Waals surface area contributed by atoms with Crippen LogP contribution in [-0.2, 0) is 9.53 Å². The van der Waals surface area contributed by atoms with E-state index in [2.05, 4.69) is 0 Å². The number of carbonyl (C=O) groups excluding carboxylic acids is 1. The van der Waals surface area contributed by atoms with E-state index in [1.807, 2.05) is 0 Å². The molecule has 1 aromatic carbocycles. The van der Waals surface area contributed by atoms with Crippen molar-refractivity contribution in [3.8, 4) is 0 Å². The van der Waals surface area contributed by atoms with Gasteiger partial charge in [-0.25, -0.2) is 4.39 Å². The molecule has 0 amide bonds. The lowest BCUT2D eigenvalue weighted by Crippen LogP contribution is -2.01. The number of ether oxygens (including phenoxy) is 1. The third-order valence-corrected chi connectivity index (χ3v) is 1.79. The molecule has 0 unspecified atom stereocenters. The van der Waals surface area contributed by atoms with Gasteiger partial charge in [-0.15, -0.1) is 0 Å². The Bertz CT molecular complexity index is 358. The van der Waals surface area contributed by atoms with Crippen LogP contribution < -0.4 is 0 Å². The Morgan fingerprint density at radius 1 is 1.47 bits per heavy atom. The Morgan fingerprint density at radius 2 is 2.20 bits per heavy atom. The van der Waals surface area contributed by atoms with Gasteiger partial charge in [-0.2, -0.15) is 0 Å². The highest BCUT2D eigenvalue weighted by molar-refractivity contribution is 5.72. The fraction of sp³-hybridized carbons (Fsp3) is 0.250. The minimum Gasteiger partial charge on any atom is -0.466 e. The minimum absolute atomic E-state index is 0.169. The average molecular weight is 208 g/mol. The van der Waals surface area contributed by atoms with Gasteiger partial charge in [0.15, 0.2) is 0 Å². The van der Waals surface area contributed by atoms with E-state index in [0.717, 1.165) is 0 Å². The zero-order valence-electron chi connectivity index (χ0n) is 8.57. The molecule has 15 heavy (non-hydrogen) atoms. The first-order chi connectivity index (χ1) is 7.24. The lowest BCUT2D eigenvalue weighted by atomic mass is 10.2. The number of hydrogen-bond acceptors (Lipinski definition) is 2. The first kappa shape index (κ1) is 11.4. The molecule has 0 saturated carbocycles. The van der Waals surface area contributed by atoms with E-state index >= 15 is 0 Å². The average Bonchev–Trinajstić information content (AvgIpc) is 2.21. The van der Waals surface area contributed by atoms with Gasteiger partial charge in [-0.1, -0.05) is 30.4 Å². The van der Waals surface area contributed by atoms with Crippen molar-refractivity contribution in [1.82, 2.24) is 0 Å². The maximum atomic E-state index is 13.1. The molecule has 0 fully saturated rings. The van der Waals surface area contributed by atoms with Gasteiger partial charge in [0.1, 0.15) is 5.82 Å². The Kier molecular flexibility index (Phi) is 4.54. The highest BCUT2D eigenvalue weighted by Gasteiger charge is 1.98. The van der Waals surface area contributed by atoms with Crippen molar-refractivity contribution in [1.29, 1.82) is 0 Å². The SMILES string of the molecule is CCOC(=O)CC=Cc1ccccc1F. The molecule has 0 aliphatic carbocycles. The highest BCUT2D eigenvalue weighted by Crippen LogP contribution is 2.08. The quantitative estimate of drug-likeness (QED) is 0.711. The molecule has 0 radical (unpaired) electrons. The standard InChI is InChI=1S/C12H13FO2/c1-2-15-12(14)9-5-7-10-6-3-4-8-11(10)13/h3-8H,2,9H2,1H3. The molecule has 0 bridgehead atoms. The third kappa shape index (κ3) is 3.94. The number of halogens is 1. The summed E-state index contributed by atoms with van der Waals surface area (Å²) < 4.78 is 17.8. The van der Waals surface area contributed by atoms with Crippen LogP contribution >= 0.6 is 0 Å². The lowest BCUT2D eigenvalue weighted by molar-refractivity contribution is -0.142. The summed E-state index contributed by atoms with van der Waals surface area (Å²) >= 11 is 0. The van der Waals surface area contributed by atoms with Crippen LogP contribution in [0.25, 0.3) is 6.08 Å². The summed E-state index contributed by atoms with van der Waals surface area (Å²) in [6, 6.07) is 6.40. The Hall–Kier alpha value is -1.64. The van der Waals surface area contributed by atoms with Gasteiger partial charge in [0.05, 0.1) is 13.0 Å². The van der Waals surface area contributed by atoms with Crippen LogP contribution in [0.15, 0.2) is 30.3 Å². The van der Waals surface area contributed by atoms with Crippen molar-refractivity contribution in [3.05, 3.63) is 41.7 Å². The van der Waals surface area contributed by atoms with Gasteiger partial charge >= 0.3 is 5.97 Å². The fourth-order valence-corrected chi connectivity index (χ4v) is 1.11. The molecule has 0 saturated heterocycles. The molecule has 80 valence electrons. The van der Waals surface area contributed by atoms with Crippen molar-refractivity contribution in [2.75, 3.05) is 6.61 Å². The van der Waals surface area contributed by atoms with Crippen molar-refractivity contribution in [2.45, 2.75) is 13.3 Å². The van der Waals surface area contributed by atoms with E-state index in [0.29, 0.717) is 12.2 Å². The van der Waals surface area contributed by atoms with Crippen molar-refractivity contribution < 1.29 is 13.9 Å². The van der Waals surface area contributed by atoms with Crippen LogP contribution in [-0.4, -0.2) is 12.6 Å². The van der Waals surface area contributed by atoms with Gasteiger partial charge in [0.25, 0.3) is 0 Å². The second kappa shape index (κ2) is 5.96. The van der Waals surface area contributed by atoms with Gasteiger partial charge < -0.3 is 4.74 Å². The largest absolute Gasteiger partial charge is 0.466 e. The predicted molar refractivity (Wildman–Crippen MR) is 56.7 cm³/mol. The van der Waals surface area contributed by atoms with Crippen molar-refractivity contribution in [2.24, 2.45) is 0 Å². The first-order valence-electron chi connectivity index (χ1n) is 4.80. The van der Waals surface area contributed by atoms with Crippen LogP contribution in [0.3, 0.4) is 0 Å². The molecule has 1 rings (SSSR count). The second-order valence-corrected chi connectivity index (χ2v) is 2.93. The van der Waals surface area contributed by atoms with E-state index in [-0.39, 0.29) is 18.2 Å². The van der Waals surface area contributed by atoms with Crippen LogP contribution in [0, 0.1) is 5.82 Å². The van der Waals surface area contributed by atoms with Crippen LogP contribution in [0.5, 0.6) is 0 Å². The maximum absolute atomic E-state index is 13.1. The molecule has 0 atom stereocenters. The predicted octanol–water partition coefficient (Wildman–Crippen LogP) is 2.79. The smallest absolute Gasteiger partial charge is 0.309 e. The zero-order chi connectivity index (χ0) is 11.1. The molecule has 0 spiro atoms. The molecule has 0 aliphatic rings. The van der Waals surface area contributed by atoms with E-state index < -0.39 is 0 Å². The molecule has 1 aromatic rings. The molecular weight excluding hydrogens is 195 g/mol.